The zero-order valence-corrected chi connectivity index (χ0v) is 12.8. The summed E-state index contributed by atoms with van der Waals surface area (Å²) >= 11 is 1.60. The largest absolute Gasteiger partial charge is 0.374 e. The van der Waals surface area contributed by atoms with Crippen LogP contribution < -0.4 is 5.73 Å². The zero-order chi connectivity index (χ0) is 14.7. The first-order chi connectivity index (χ1) is 10.2. The number of urea groups is 1. The first-order valence-corrected chi connectivity index (χ1v) is 8.22. The van der Waals surface area contributed by atoms with E-state index < -0.39 is 0 Å². The highest BCUT2D eigenvalue weighted by atomic mass is 32.1. The summed E-state index contributed by atoms with van der Waals surface area (Å²) in [6.07, 6.45) is 4.94. The SMILES string of the molecule is NC(=O)N1CCO[C@]2(CCC[C@H]2COCc2nccs2)C1. The van der Waals surface area contributed by atoms with Crippen LogP contribution in [0.1, 0.15) is 24.3 Å². The number of carbonyl (C=O) groups is 1. The molecule has 0 unspecified atom stereocenters. The van der Waals surface area contributed by atoms with Gasteiger partial charge >= 0.3 is 6.03 Å². The van der Waals surface area contributed by atoms with E-state index in [1.807, 2.05) is 5.38 Å². The molecule has 0 aromatic carbocycles. The molecule has 1 aromatic heterocycles. The maximum absolute atomic E-state index is 11.4. The Balaban J connectivity index is 1.57. The third kappa shape index (κ3) is 3.20. The highest BCUT2D eigenvalue weighted by molar-refractivity contribution is 7.09. The van der Waals surface area contributed by atoms with Crippen LogP contribution in [0.4, 0.5) is 4.79 Å². The van der Waals surface area contributed by atoms with E-state index in [0.29, 0.717) is 38.8 Å². The number of nitrogens with two attached hydrogens (primary N) is 1. The minimum absolute atomic E-state index is 0.268. The Labute approximate surface area is 128 Å². The van der Waals surface area contributed by atoms with Crippen molar-refractivity contribution in [1.29, 1.82) is 0 Å². The predicted molar refractivity (Wildman–Crippen MR) is 79.0 cm³/mol. The van der Waals surface area contributed by atoms with Crippen molar-refractivity contribution in [1.82, 2.24) is 9.88 Å². The Hall–Kier alpha value is -1.18. The number of carbonyl (C=O) groups excluding carboxylic acids is 1. The third-order valence-electron chi connectivity index (χ3n) is 4.45. The van der Waals surface area contributed by atoms with Crippen molar-refractivity contribution in [3.63, 3.8) is 0 Å². The Bertz CT molecular complexity index is 482. The van der Waals surface area contributed by atoms with Gasteiger partial charge in [-0.1, -0.05) is 6.42 Å². The summed E-state index contributed by atoms with van der Waals surface area (Å²) in [6.45, 7) is 2.93. The molecule has 6 nitrogen and oxygen atoms in total. The first-order valence-electron chi connectivity index (χ1n) is 7.34. The number of morpholine rings is 1. The van der Waals surface area contributed by atoms with E-state index in [1.165, 1.54) is 0 Å². The van der Waals surface area contributed by atoms with Gasteiger partial charge in [0.25, 0.3) is 0 Å². The molecule has 3 rings (SSSR count). The van der Waals surface area contributed by atoms with E-state index >= 15 is 0 Å². The average molecular weight is 311 g/mol. The summed E-state index contributed by atoms with van der Waals surface area (Å²) in [5.74, 6) is 0.319. The van der Waals surface area contributed by atoms with Crippen molar-refractivity contribution < 1.29 is 14.3 Å². The van der Waals surface area contributed by atoms with Crippen LogP contribution in [0.5, 0.6) is 0 Å². The maximum atomic E-state index is 11.4. The molecule has 2 amide bonds. The van der Waals surface area contributed by atoms with Gasteiger partial charge in [-0.15, -0.1) is 11.3 Å². The van der Waals surface area contributed by atoms with E-state index in [2.05, 4.69) is 4.98 Å². The highest BCUT2D eigenvalue weighted by Crippen LogP contribution is 2.41. The van der Waals surface area contributed by atoms with Gasteiger partial charge in [0.1, 0.15) is 5.01 Å². The monoisotopic (exact) mass is 311 g/mol. The predicted octanol–water partition coefficient (Wildman–Crippen LogP) is 1.61. The number of nitrogens with zero attached hydrogens (tertiary/aromatic N) is 2. The number of hydrogen-bond acceptors (Lipinski definition) is 5. The molecule has 0 bridgehead atoms. The van der Waals surface area contributed by atoms with Crippen LogP contribution in [-0.4, -0.2) is 47.8 Å². The summed E-state index contributed by atoms with van der Waals surface area (Å²) in [4.78, 5) is 17.3. The van der Waals surface area contributed by atoms with E-state index in [9.17, 15) is 4.79 Å². The fourth-order valence-electron chi connectivity index (χ4n) is 3.36. The van der Waals surface area contributed by atoms with E-state index in [1.54, 1.807) is 22.4 Å². The minimum atomic E-state index is -0.355. The average Bonchev–Trinajstić information content (AvgIpc) is 3.11. The number of ether oxygens (including phenoxy) is 2. The van der Waals surface area contributed by atoms with Crippen molar-refractivity contribution in [2.24, 2.45) is 11.7 Å². The molecular weight excluding hydrogens is 290 g/mol. The number of thiazole rings is 1. The van der Waals surface area contributed by atoms with Crippen molar-refractivity contribution in [3.8, 4) is 0 Å². The topological polar surface area (TPSA) is 77.7 Å². The van der Waals surface area contributed by atoms with Crippen LogP contribution in [0.3, 0.4) is 0 Å². The molecular formula is C14H21N3O3S. The molecule has 116 valence electrons. The van der Waals surface area contributed by atoms with Gasteiger partial charge in [-0.05, 0) is 12.8 Å². The van der Waals surface area contributed by atoms with Gasteiger partial charge in [0, 0.05) is 24.0 Å². The molecule has 2 atom stereocenters. The highest BCUT2D eigenvalue weighted by Gasteiger charge is 2.47. The molecule has 1 saturated heterocycles. The van der Waals surface area contributed by atoms with Gasteiger partial charge in [-0.2, -0.15) is 0 Å². The second-order valence-corrected chi connectivity index (χ2v) is 6.68. The Morgan fingerprint density at radius 1 is 1.67 bits per heavy atom. The summed E-state index contributed by atoms with van der Waals surface area (Å²) in [5.41, 5.74) is 5.15. The van der Waals surface area contributed by atoms with Gasteiger partial charge in [0.15, 0.2) is 0 Å². The smallest absolute Gasteiger partial charge is 0.314 e. The van der Waals surface area contributed by atoms with Crippen molar-refractivity contribution in [2.45, 2.75) is 31.5 Å². The van der Waals surface area contributed by atoms with Crippen LogP contribution in [0.25, 0.3) is 0 Å². The van der Waals surface area contributed by atoms with Gasteiger partial charge in [0.05, 0.1) is 32.0 Å². The Kier molecular flexibility index (Phi) is 4.42. The standard InChI is InChI=1S/C14H21N3O3S/c15-13(18)17-5-6-20-14(10-17)3-1-2-11(14)8-19-9-12-16-4-7-21-12/h4,7,11H,1-3,5-6,8-10H2,(H2,15,18)/t11-,14+/m0/s1. The normalized spacial score (nSPS) is 29.1. The maximum Gasteiger partial charge on any atom is 0.314 e. The molecule has 2 fully saturated rings. The molecule has 0 radical (unpaired) electrons. The molecule has 1 aromatic rings. The van der Waals surface area contributed by atoms with Crippen LogP contribution in [0.2, 0.25) is 0 Å². The Morgan fingerprint density at radius 2 is 2.57 bits per heavy atom. The molecule has 2 N–H and O–H groups in total. The minimum Gasteiger partial charge on any atom is -0.374 e. The summed E-state index contributed by atoms with van der Waals surface area (Å²) < 4.78 is 11.9. The number of rotatable bonds is 4. The van der Waals surface area contributed by atoms with Crippen LogP contribution >= 0.6 is 11.3 Å². The van der Waals surface area contributed by atoms with Crippen LogP contribution in [-0.2, 0) is 16.1 Å². The lowest BCUT2D eigenvalue weighted by Gasteiger charge is -2.43. The number of primary amides is 1. The van der Waals surface area contributed by atoms with Crippen molar-refractivity contribution in [2.75, 3.05) is 26.3 Å². The molecule has 1 aliphatic heterocycles. The van der Waals surface area contributed by atoms with E-state index in [-0.39, 0.29) is 11.6 Å². The molecule has 1 spiro atoms. The summed E-state index contributed by atoms with van der Waals surface area (Å²) in [6, 6.07) is -0.355. The number of amides is 2. The van der Waals surface area contributed by atoms with Gasteiger partial charge < -0.3 is 20.1 Å². The fraction of sp³-hybridized carbons (Fsp3) is 0.714. The van der Waals surface area contributed by atoms with Crippen molar-refractivity contribution in [3.05, 3.63) is 16.6 Å². The second-order valence-electron chi connectivity index (χ2n) is 5.70. The first kappa shape index (κ1) is 14.7. The number of hydrogen-bond donors (Lipinski definition) is 1. The van der Waals surface area contributed by atoms with Gasteiger partial charge in [-0.3, -0.25) is 0 Å². The van der Waals surface area contributed by atoms with E-state index in [0.717, 1.165) is 24.3 Å². The lowest BCUT2D eigenvalue weighted by molar-refractivity contribution is -0.132. The van der Waals surface area contributed by atoms with Crippen LogP contribution in [0.15, 0.2) is 11.6 Å². The van der Waals surface area contributed by atoms with E-state index in [4.69, 9.17) is 15.2 Å². The summed E-state index contributed by atoms with van der Waals surface area (Å²) in [7, 11) is 0. The number of aromatic nitrogens is 1. The molecule has 2 aliphatic rings. The lowest BCUT2D eigenvalue weighted by atomic mass is 9.89. The molecule has 2 heterocycles. The second kappa shape index (κ2) is 6.29. The van der Waals surface area contributed by atoms with Gasteiger partial charge in [0.2, 0.25) is 0 Å². The molecule has 21 heavy (non-hydrogen) atoms. The molecule has 1 aliphatic carbocycles. The van der Waals surface area contributed by atoms with Crippen molar-refractivity contribution >= 4 is 17.4 Å². The van der Waals surface area contributed by atoms with Gasteiger partial charge in [-0.25, -0.2) is 9.78 Å². The molecule has 7 heteroatoms. The zero-order valence-electron chi connectivity index (χ0n) is 12.0. The lowest BCUT2D eigenvalue weighted by Crippen LogP contribution is -2.57. The third-order valence-corrected chi connectivity index (χ3v) is 5.20. The quantitative estimate of drug-likeness (QED) is 0.916. The molecule has 1 saturated carbocycles. The summed E-state index contributed by atoms with van der Waals surface area (Å²) in [5, 5.41) is 2.94. The Morgan fingerprint density at radius 3 is 3.33 bits per heavy atom. The fourth-order valence-corrected chi connectivity index (χ4v) is 3.91. The van der Waals surface area contributed by atoms with Crippen LogP contribution in [0, 0.1) is 5.92 Å².